The molecule has 0 saturated carbocycles. The molecule has 13 heavy (non-hydrogen) atoms. The van der Waals surface area contributed by atoms with Gasteiger partial charge in [-0.25, -0.2) is 4.39 Å². The van der Waals surface area contributed by atoms with Gasteiger partial charge in [0.05, 0.1) is 11.9 Å². The molecular weight excluding hydrogens is 189 g/mol. The highest BCUT2D eigenvalue weighted by Crippen LogP contribution is 2.12. The Balaban J connectivity index is 2.84. The maximum Gasteiger partial charge on any atom is 0.107 e. The zero-order valence-electron chi connectivity index (χ0n) is 6.96. The first-order valence-electron chi connectivity index (χ1n) is 3.79. The molecule has 0 radical (unpaired) electrons. The number of nitrogens with two attached hydrogens (primary N) is 1. The molecule has 70 valence electrons. The summed E-state index contributed by atoms with van der Waals surface area (Å²) in [6.45, 7) is -0.201. The number of pyridine rings is 1. The predicted octanol–water partition coefficient (Wildman–Crippen LogP) is 1.10. The molecule has 0 atom stereocenters. The van der Waals surface area contributed by atoms with Crippen molar-refractivity contribution in [1.82, 2.24) is 4.98 Å². The van der Waals surface area contributed by atoms with E-state index in [0.717, 1.165) is 0 Å². The van der Waals surface area contributed by atoms with Gasteiger partial charge < -0.3 is 11.1 Å². The van der Waals surface area contributed by atoms with Crippen molar-refractivity contribution in [3.8, 4) is 0 Å². The van der Waals surface area contributed by atoms with Gasteiger partial charge in [-0.1, -0.05) is 12.2 Å². The van der Waals surface area contributed by atoms with Gasteiger partial charge in [-0.15, -0.1) is 0 Å². The zero-order valence-corrected chi connectivity index (χ0v) is 7.77. The van der Waals surface area contributed by atoms with Crippen molar-refractivity contribution in [2.45, 2.75) is 0 Å². The summed E-state index contributed by atoms with van der Waals surface area (Å²) in [4.78, 5) is 4.16. The molecule has 1 aromatic heterocycles. The van der Waals surface area contributed by atoms with Gasteiger partial charge in [-0.2, -0.15) is 0 Å². The van der Waals surface area contributed by atoms with E-state index in [4.69, 9.17) is 18.0 Å². The van der Waals surface area contributed by atoms with E-state index in [2.05, 4.69) is 10.3 Å². The molecule has 0 unspecified atom stereocenters. The summed E-state index contributed by atoms with van der Waals surface area (Å²) in [7, 11) is 0. The first kappa shape index (κ1) is 9.85. The molecule has 0 bridgehead atoms. The number of nitrogens with one attached hydrogen (secondary N) is 1. The molecular formula is C8H10FN3S. The molecule has 0 aliphatic carbocycles. The molecule has 0 aliphatic rings. The molecule has 0 aromatic carbocycles. The summed E-state index contributed by atoms with van der Waals surface area (Å²) in [5.41, 5.74) is 6.82. The fourth-order valence-corrected chi connectivity index (χ4v) is 1.11. The number of nitrogens with zero attached hydrogens (tertiary/aromatic N) is 1. The van der Waals surface area contributed by atoms with E-state index in [-0.39, 0.29) is 11.5 Å². The Labute approximate surface area is 81.2 Å². The van der Waals surface area contributed by atoms with Crippen LogP contribution in [0.2, 0.25) is 0 Å². The lowest BCUT2D eigenvalue weighted by molar-refractivity contribution is 0.512. The standard InChI is InChI=1S/C8H10FN3S/c9-2-4-12-7-5-11-3-1-6(7)8(10)13/h1,3,5,12H,2,4H2,(H2,10,13). The molecule has 0 aliphatic heterocycles. The minimum absolute atomic E-state index is 0.237. The Morgan fingerprint density at radius 2 is 2.46 bits per heavy atom. The first-order chi connectivity index (χ1) is 6.25. The summed E-state index contributed by atoms with van der Waals surface area (Å²) in [6.07, 6.45) is 3.17. The van der Waals surface area contributed by atoms with Gasteiger partial charge in [0, 0.05) is 18.3 Å². The second kappa shape index (κ2) is 4.71. The molecule has 1 heterocycles. The molecule has 0 spiro atoms. The van der Waals surface area contributed by atoms with Crippen LogP contribution in [0.15, 0.2) is 18.5 Å². The van der Waals surface area contributed by atoms with E-state index >= 15 is 0 Å². The fourth-order valence-electron chi connectivity index (χ4n) is 0.932. The third kappa shape index (κ3) is 2.62. The topological polar surface area (TPSA) is 50.9 Å². The van der Waals surface area contributed by atoms with Gasteiger partial charge >= 0.3 is 0 Å². The quantitative estimate of drug-likeness (QED) is 0.713. The Bertz CT molecular complexity index is 303. The highest BCUT2D eigenvalue weighted by Gasteiger charge is 2.03. The van der Waals surface area contributed by atoms with Crippen LogP contribution in [-0.2, 0) is 0 Å². The lowest BCUT2D eigenvalue weighted by atomic mass is 10.2. The van der Waals surface area contributed by atoms with E-state index in [1.165, 1.54) is 0 Å². The Hall–Kier alpha value is -1.23. The average molecular weight is 199 g/mol. The van der Waals surface area contributed by atoms with Gasteiger partial charge in [0.25, 0.3) is 0 Å². The summed E-state index contributed by atoms with van der Waals surface area (Å²) in [5, 5.41) is 2.84. The second-order valence-electron chi connectivity index (χ2n) is 2.40. The maximum atomic E-state index is 11.9. The van der Waals surface area contributed by atoms with E-state index in [1.807, 2.05) is 0 Å². The van der Waals surface area contributed by atoms with Gasteiger partial charge in [-0.3, -0.25) is 4.98 Å². The third-order valence-electron chi connectivity index (χ3n) is 1.50. The van der Waals surface area contributed by atoms with E-state index in [1.54, 1.807) is 18.5 Å². The van der Waals surface area contributed by atoms with E-state index in [0.29, 0.717) is 11.3 Å². The van der Waals surface area contributed by atoms with Crippen molar-refractivity contribution < 1.29 is 4.39 Å². The molecule has 5 heteroatoms. The van der Waals surface area contributed by atoms with Gasteiger partial charge in [0.2, 0.25) is 0 Å². The minimum Gasteiger partial charge on any atom is -0.389 e. The van der Waals surface area contributed by atoms with Crippen molar-refractivity contribution in [1.29, 1.82) is 0 Å². The summed E-state index contributed by atoms with van der Waals surface area (Å²) in [6, 6.07) is 1.70. The van der Waals surface area contributed by atoms with Crippen molar-refractivity contribution >= 4 is 22.9 Å². The van der Waals surface area contributed by atoms with Crippen LogP contribution >= 0.6 is 12.2 Å². The average Bonchev–Trinajstić information content (AvgIpc) is 2.15. The predicted molar refractivity (Wildman–Crippen MR) is 54.6 cm³/mol. The lowest BCUT2D eigenvalue weighted by Crippen LogP contribution is -2.14. The fraction of sp³-hybridized carbons (Fsp3) is 0.250. The number of aromatic nitrogens is 1. The van der Waals surface area contributed by atoms with Crippen molar-refractivity contribution in [3.05, 3.63) is 24.0 Å². The van der Waals surface area contributed by atoms with Crippen LogP contribution in [0.25, 0.3) is 0 Å². The number of hydrogen-bond donors (Lipinski definition) is 2. The van der Waals surface area contributed by atoms with Crippen LogP contribution in [0, 0.1) is 0 Å². The van der Waals surface area contributed by atoms with E-state index in [9.17, 15) is 4.39 Å². The van der Waals surface area contributed by atoms with Crippen LogP contribution in [0.4, 0.5) is 10.1 Å². The van der Waals surface area contributed by atoms with Crippen LogP contribution in [0.3, 0.4) is 0 Å². The number of halogens is 1. The SMILES string of the molecule is NC(=S)c1ccncc1NCCF. The van der Waals surface area contributed by atoms with Crippen LogP contribution < -0.4 is 11.1 Å². The molecule has 3 N–H and O–H groups in total. The van der Waals surface area contributed by atoms with Crippen LogP contribution in [0.5, 0.6) is 0 Å². The second-order valence-corrected chi connectivity index (χ2v) is 2.84. The number of rotatable bonds is 4. The van der Waals surface area contributed by atoms with E-state index < -0.39 is 6.67 Å². The smallest absolute Gasteiger partial charge is 0.107 e. The Morgan fingerprint density at radius 1 is 1.69 bits per heavy atom. The number of alkyl halides is 1. The Morgan fingerprint density at radius 3 is 3.08 bits per heavy atom. The molecule has 1 aromatic rings. The largest absolute Gasteiger partial charge is 0.389 e. The van der Waals surface area contributed by atoms with Crippen molar-refractivity contribution in [2.75, 3.05) is 18.5 Å². The molecule has 0 fully saturated rings. The molecule has 1 rings (SSSR count). The maximum absolute atomic E-state index is 11.9. The monoisotopic (exact) mass is 199 g/mol. The van der Waals surface area contributed by atoms with Crippen molar-refractivity contribution in [2.24, 2.45) is 5.73 Å². The number of hydrogen-bond acceptors (Lipinski definition) is 3. The van der Waals surface area contributed by atoms with Gasteiger partial charge in [0.15, 0.2) is 0 Å². The van der Waals surface area contributed by atoms with Crippen LogP contribution in [-0.4, -0.2) is 23.2 Å². The summed E-state index contributed by atoms with van der Waals surface area (Å²) >= 11 is 4.82. The highest BCUT2D eigenvalue weighted by molar-refractivity contribution is 7.80. The summed E-state index contributed by atoms with van der Waals surface area (Å²) in [5.74, 6) is 0. The molecule has 3 nitrogen and oxygen atoms in total. The van der Waals surface area contributed by atoms with Crippen molar-refractivity contribution in [3.63, 3.8) is 0 Å². The normalized spacial score (nSPS) is 9.62. The molecule has 0 amide bonds. The number of anilines is 1. The Kier molecular flexibility index (Phi) is 3.57. The number of thiocarbonyl (C=S) groups is 1. The third-order valence-corrected chi connectivity index (χ3v) is 1.72. The van der Waals surface area contributed by atoms with Gasteiger partial charge in [-0.05, 0) is 6.07 Å². The van der Waals surface area contributed by atoms with Gasteiger partial charge in [0.1, 0.15) is 11.7 Å². The summed E-state index contributed by atoms with van der Waals surface area (Å²) < 4.78 is 11.9. The molecule has 0 saturated heterocycles. The minimum atomic E-state index is -0.439. The lowest BCUT2D eigenvalue weighted by Gasteiger charge is -2.07. The first-order valence-corrected chi connectivity index (χ1v) is 4.20. The zero-order chi connectivity index (χ0) is 9.68. The highest BCUT2D eigenvalue weighted by atomic mass is 32.1. The van der Waals surface area contributed by atoms with Crippen LogP contribution in [0.1, 0.15) is 5.56 Å².